The van der Waals surface area contributed by atoms with Gasteiger partial charge in [0.2, 0.25) is 11.7 Å². The third-order valence-electron chi connectivity index (χ3n) is 4.22. The summed E-state index contributed by atoms with van der Waals surface area (Å²) in [6.45, 7) is 0. The summed E-state index contributed by atoms with van der Waals surface area (Å²) in [7, 11) is 0. The summed E-state index contributed by atoms with van der Waals surface area (Å²) in [4.78, 5) is 21.9. The summed E-state index contributed by atoms with van der Waals surface area (Å²) >= 11 is 2.92. The lowest BCUT2D eigenvalue weighted by molar-refractivity contribution is 0.391. The monoisotopic (exact) mass is 382 g/mol. The van der Waals surface area contributed by atoms with E-state index in [2.05, 4.69) is 15.1 Å². The summed E-state index contributed by atoms with van der Waals surface area (Å²) in [5.74, 6) is 1.58. The average Bonchev–Trinajstić information content (AvgIpc) is 3.19. The van der Waals surface area contributed by atoms with Crippen LogP contribution in [0.5, 0.6) is 0 Å². The topological polar surface area (TPSA) is 73.8 Å². The zero-order valence-electron chi connectivity index (χ0n) is 13.7. The molecule has 0 bridgehead atoms. The van der Waals surface area contributed by atoms with E-state index < -0.39 is 0 Å². The lowest BCUT2D eigenvalue weighted by atomic mass is 10.2. The van der Waals surface area contributed by atoms with Crippen LogP contribution in [0.1, 0.15) is 24.8 Å². The van der Waals surface area contributed by atoms with E-state index in [9.17, 15) is 4.79 Å². The third-order valence-corrected chi connectivity index (χ3v) is 6.05. The molecule has 1 fully saturated rings. The van der Waals surface area contributed by atoms with Gasteiger partial charge in [-0.15, -0.1) is 11.3 Å². The zero-order chi connectivity index (χ0) is 17.5. The number of thiophene rings is 1. The Kier molecular flexibility index (Phi) is 3.86. The number of fused-ring (bicyclic) bond motifs is 1. The average molecular weight is 382 g/mol. The fourth-order valence-electron chi connectivity index (χ4n) is 2.80. The molecule has 0 aliphatic heterocycles. The van der Waals surface area contributed by atoms with Gasteiger partial charge in [0.15, 0.2) is 5.16 Å². The fraction of sp³-hybridized carbons (Fsp3) is 0.222. The van der Waals surface area contributed by atoms with E-state index in [1.54, 1.807) is 0 Å². The van der Waals surface area contributed by atoms with Gasteiger partial charge in [-0.3, -0.25) is 9.36 Å². The molecule has 3 heterocycles. The quantitative estimate of drug-likeness (QED) is 0.382. The van der Waals surface area contributed by atoms with Crippen molar-refractivity contribution >= 4 is 33.3 Å². The van der Waals surface area contributed by atoms with Crippen LogP contribution in [0.25, 0.3) is 21.6 Å². The first-order valence-electron chi connectivity index (χ1n) is 8.30. The van der Waals surface area contributed by atoms with E-state index in [1.807, 2.05) is 46.3 Å². The summed E-state index contributed by atoms with van der Waals surface area (Å²) in [5, 5.41) is 6.68. The van der Waals surface area contributed by atoms with Gasteiger partial charge >= 0.3 is 0 Å². The van der Waals surface area contributed by atoms with E-state index >= 15 is 0 Å². The molecule has 0 spiro atoms. The van der Waals surface area contributed by atoms with Crippen LogP contribution in [0, 0.1) is 0 Å². The summed E-state index contributed by atoms with van der Waals surface area (Å²) in [5.41, 5.74) is 1.74. The Labute approximate surface area is 156 Å². The summed E-state index contributed by atoms with van der Waals surface area (Å²) in [6, 6.07) is 11.9. The molecule has 0 N–H and O–H groups in total. The van der Waals surface area contributed by atoms with E-state index in [1.165, 1.54) is 23.1 Å². The summed E-state index contributed by atoms with van der Waals surface area (Å²) < 4.78 is 7.92. The second-order valence-electron chi connectivity index (χ2n) is 6.10. The van der Waals surface area contributed by atoms with Crippen molar-refractivity contribution in [3.8, 4) is 11.4 Å². The number of nitrogens with zero attached hydrogens (tertiary/aromatic N) is 4. The Balaban J connectivity index is 1.43. The molecule has 4 aromatic rings. The normalized spacial score (nSPS) is 14.2. The fourth-order valence-corrected chi connectivity index (χ4v) is 4.47. The molecule has 1 aliphatic carbocycles. The highest BCUT2D eigenvalue weighted by molar-refractivity contribution is 7.98. The molecular weight excluding hydrogens is 368 g/mol. The highest BCUT2D eigenvalue weighted by Gasteiger charge is 2.29. The Morgan fingerprint density at radius 2 is 2.04 bits per heavy atom. The van der Waals surface area contributed by atoms with Gasteiger partial charge in [0.25, 0.3) is 5.56 Å². The maximum Gasteiger partial charge on any atom is 0.272 e. The minimum atomic E-state index is 0.0607. The first-order valence-corrected chi connectivity index (χ1v) is 10.2. The van der Waals surface area contributed by atoms with Gasteiger partial charge in [-0.05, 0) is 24.3 Å². The number of hydrogen-bond acceptors (Lipinski definition) is 7. The highest BCUT2D eigenvalue weighted by Crippen LogP contribution is 2.37. The zero-order valence-corrected chi connectivity index (χ0v) is 15.3. The van der Waals surface area contributed by atoms with Crippen molar-refractivity contribution in [2.24, 2.45) is 0 Å². The summed E-state index contributed by atoms with van der Waals surface area (Å²) in [6.07, 6.45) is 2.06. The van der Waals surface area contributed by atoms with Gasteiger partial charge in [-0.25, -0.2) is 4.98 Å². The number of rotatable bonds is 5. The van der Waals surface area contributed by atoms with Crippen molar-refractivity contribution in [3.63, 3.8) is 0 Å². The van der Waals surface area contributed by atoms with Crippen molar-refractivity contribution in [2.45, 2.75) is 29.8 Å². The van der Waals surface area contributed by atoms with Gasteiger partial charge in [0, 0.05) is 11.6 Å². The molecule has 3 aromatic heterocycles. The minimum Gasteiger partial charge on any atom is -0.338 e. The Hall–Kier alpha value is -2.45. The second kappa shape index (κ2) is 6.37. The van der Waals surface area contributed by atoms with Crippen molar-refractivity contribution < 1.29 is 4.52 Å². The molecule has 0 radical (unpaired) electrons. The van der Waals surface area contributed by atoms with Crippen LogP contribution in [0.4, 0.5) is 0 Å². The first kappa shape index (κ1) is 15.8. The van der Waals surface area contributed by atoms with Gasteiger partial charge in [-0.1, -0.05) is 47.3 Å². The molecule has 0 atom stereocenters. The van der Waals surface area contributed by atoms with Gasteiger partial charge in [-0.2, -0.15) is 4.98 Å². The predicted octanol–water partition coefficient (Wildman–Crippen LogP) is 4.14. The van der Waals surface area contributed by atoms with Gasteiger partial charge < -0.3 is 4.52 Å². The van der Waals surface area contributed by atoms with Gasteiger partial charge in [0.1, 0.15) is 4.70 Å². The molecule has 1 aliphatic rings. The Bertz CT molecular complexity index is 1130. The smallest absolute Gasteiger partial charge is 0.272 e. The predicted molar refractivity (Wildman–Crippen MR) is 101 cm³/mol. The van der Waals surface area contributed by atoms with Crippen molar-refractivity contribution in [1.82, 2.24) is 19.7 Å². The van der Waals surface area contributed by atoms with E-state index in [0.29, 0.717) is 17.5 Å². The third kappa shape index (κ3) is 2.85. The highest BCUT2D eigenvalue weighted by atomic mass is 32.2. The molecule has 5 rings (SSSR count). The SMILES string of the molecule is O=c1c2sccc2nc(SCc2nc(-c3ccccc3)no2)n1C1CC1. The van der Waals surface area contributed by atoms with Gasteiger partial charge in [0.05, 0.1) is 11.3 Å². The molecule has 0 amide bonds. The maximum absolute atomic E-state index is 12.8. The maximum atomic E-state index is 12.8. The largest absolute Gasteiger partial charge is 0.338 e. The number of thioether (sulfide) groups is 1. The Morgan fingerprint density at radius 3 is 2.85 bits per heavy atom. The second-order valence-corrected chi connectivity index (χ2v) is 7.96. The van der Waals surface area contributed by atoms with Crippen LogP contribution in [0.3, 0.4) is 0 Å². The van der Waals surface area contributed by atoms with Crippen molar-refractivity contribution in [3.05, 3.63) is 58.0 Å². The molecule has 0 unspecified atom stereocenters. The van der Waals surface area contributed by atoms with Crippen LogP contribution < -0.4 is 5.56 Å². The number of aromatic nitrogens is 4. The molecule has 0 saturated heterocycles. The molecular formula is C18H14N4O2S2. The lowest BCUT2D eigenvalue weighted by Crippen LogP contribution is -2.21. The number of benzene rings is 1. The molecule has 130 valence electrons. The Morgan fingerprint density at radius 1 is 1.19 bits per heavy atom. The molecule has 26 heavy (non-hydrogen) atoms. The van der Waals surface area contributed by atoms with Crippen LogP contribution >= 0.6 is 23.1 Å². The minimum absolute atomic E-state index is 0.0607. The standard InChI is InChI=1S/C18H14N4O2S2/c23-17-15-13(8-9-25-15)19-18(22(17)12-6-7-12)26-10-14-20-16(21-24-14)11-4-2-1-3-5-11/h1-5,8-9,12H,6-7,10H2. The van der Waals surface area contributed by atoms with Crippen molar-refractivity contribution in [1.29, 1.82) is 0 Å². The van der Waals surface area contributed by atoms with E-state index in [4.69, 9.17) is 4.52 Å². The molecule has 8 heteroatoms. The van der Waals surface area contributed by atoms with E-state index in [0.717, 1.165) is 33.8 Å². The van der Waals surface area contributed by atoms with E-state index in [-0.39, 0.29) is 11.6 Å². The lowest BCUT2D eigenvalue weighted by Gasteiger charge is -2.09. The van der Waals surface area contributed by atoms with Crippen LogP contribution in [0.2, 0.25) is 0 Å². The first-order chi connectivity index (χ1) is 12.8. The van der Waals surface area contributed by atoms with Crippen LogP contribution in [-0.2, 0) is 5.75 Å². The van der Waals surface area contributed by atoms with Crippen LogP contribution in [-0.4, -0.2) is 19.7 Å². The molecule has 1 saturated carbocycles. The van der Waals surface area contributed by atoms with Crippen LogP contribution in [0.15, 0.2) is 56.3 Å². The number of hydrogen-bond donors (Lipinski definition) is 0. The molecule has 6 nitrogen and oxygen atoms in total. The van der Waals surface area contributed by atoms with Crippen molar-refractivity contribution in [2.75, 3.05) is 0 Å². The molecule has 1 aromatic carbocycles.